The van der Waals surface area contributed by atoms with E-state index in [9.17, 15) is 4.79 Å². The molecule has 32 heavy (non-hydrogen) atoms. The van der Waals surface area contributed by atoms with Crippen molar-refractivity contribution in [3.63, 3.8) is 0 Å². The van der Waals surface area contributed by atoms with Crippen LogP contribution in [0.2, 0.25) is 0 Å². The molecule has 0 unspecified atom stereocenters. The van der Waals surface area contributed by atoms with Crippen LogP contribution in [0.1, 0.15) is 5.56 Å². The molecular weight excluding hydrogens is 464 g/mol. The summed E-state index contributed by atoms with van der Waals surface area (Å²) in [6.07, 6.45) is 1.70. The number of rotatable bonds is 5. The van der Waals surface area contributed by atoms with Crippen LogP contribution < -0.4 is 10.2 Å². The van der Waals surface area contributed by atoms with Crippen LogP contribution >= 0.6 is 15.9 Å². The quantitative estimate of drug-likeness (QED) is 0.178. The van der Waals surface area contributed by atoms with E-state index in [1.54, 1.807) is 6.21 Å². The topological polar surface area (TPSA) is 50.7 Å². The molecular formula is C27H19BrN2O2. The highest BCUT2D eigenvalue weighted by Gasteiger charge is 2.09. The number of hydrogen-bond donors (Lipinski definition) is 1. The Morgan fingerprint density at radius 3 is 2.09 bits per heavy atom. The lowest BCUT2D eigenvalue weighted by molar-refractivity contribution is -0.123. The first kappa shape index (κ1) is 20.2. The third kappa shape index (κ3) is 3.95. The van der Waals surface area contributed by atoms with Crippen molar-refractivity contribution in [3.05, 3.63) is 101 Å². The van der Waals surface area contributed by atoms with E-state index in [1.807, 2.05) is 60.7 Å². The van der Waals surface area contributed by atoms with Crippen LogP contribution in [0.15, 0.2) is 101 Å². The van der Waals surface area contributed by atoms with Crippen LogP contribution in [0.25, 0.3) is 32.3 Å². The Kier molecular flexibility index (Phi) is 5.57. The van der Waals surface area contributed by atoms with E-state index in [4.69, 9.17) is 4.74 Å². The van der Waals surface area contributed by atoms with E-state index in [1.165, 1.54) is 0 Å². The standard InChI is InChI=1S/C27H19BrN2O2/c28-27-23-12-6-1-7-18(23)13-14-25(27)32-17-26(31)30-29-16-24-21-10-4-2-8-19(21)15-20-9-3-5-11-22(20)24/h1-16H,17H2,(H,30,31)/b29-16-. The average Bonchev–Trinajstić information content (AvgIpc) is 2.83. The zero-order chi connectivity index (χ0) is 21.9. The summed E-state index contributed by atoms with van der Waals surface area (Å²) in [6.45, 7) is -0.134. The number of hydrazone groups is 1. The molecule has 1 N–H and O–H groups in total. The summed E-state index contributed by atoms with van der Waals surface area (Å²) in [6, 6.07) is 30.3. The van der Waals surface area contributed by atoms with Crippen molar-refractivity contribution in [2.75, 3.05) is 6.61 Å². The fourth-order valence-electron chi connectivity index (χ4n) is 3.86. The Balaban J connectivity index is 1.33. The van der Waals surface area contributed by atoms with Crippen molar-refractivity contribution < 1.29 is 9.53 Å². The van der Waals surface area contributed by atoms with Gasteiger partial charge in [-0.25, -0.2) is 5.43 Å². The monoisotopic (exact) mass is 482 g/mol. The van der Waals surface area contributed by atoms with Crippen molar-refractivity contribution in [2.45, 2.75) is 0 Å². The van der Waals surface area contributed by atoms with Gasteiger partial charge in [0.05, 0.1) is 10.7 Å². The lowest BCUT2D eigenvalue weighted by Gasteiger charge is -2.10. The van der Waals surface area contributed by atoms with E-state index in [0.29, 0.717) is 5.75 Å². The zero-order valence-corrected chi connectivity index (χ0v) is 18.7. The van der Waals surface area contributed by atoms with Gasteiger partial charge in [0.15, 0.2) is 6.61 Å². The normalized spacial score (nSPS) is 11.4. The van der Waals surface area contributed by atoms with Gasteiger partial charge in [-0.3, -0.25) is 4.79 Å². The molecule has 1 amide bonds. The Morgan fingerprint density at radius 1 is 0.812 bits per heavy atom. The minimum absolute atomic E-state index is 0.134. The average molecular weight is 483 g/mol. The Morgan fingerprint density at radius 2 is 1.41 bits per heavy atom. The second kappa shape index (κ2) is 8.81. The third-order valence-electron chi connectivity index (χ3n) is 5.38. The molecule has 0 aliphatic carbocycles. The maximum atomic E-state index is 12.3. The molecule has 0 saturated carbocycles. The summed E-state index contributed by atoms with van der Waals surface area (Å²) in [5, 5.41) is 10.8. The Hall–Kier alpha value is -3.70. The molecule has 0 heterocycles. The van der Waals surface area contributed by atoms with Crippen LogP contribution in [0.3, 0.4) is 0 Å². The number of hydrogen-bond acceptors (Lipinski definition) is 3. The van der Waals surface area contributed by atoms with Gasteiger partial charge in [0.2, 0.25) is 0 Å². The van der Waals surface area contributed by atoms with Gasteiger partial charge in [-0.1, -0.05) is 78.9 Å². The highest BCUT2D eigenvalue weighted by Crippen LogP contribution is 2.33. The van der Waals surface area contributed by atoms with Crippen molar-refractivity contribution in [1.82, 2.24) is 5.43 Å². The van der Waals surface area contributed by atoms with Gasteiger partial charge in [-0.2, -0.15) is 5.10 Å². The minimum Gasteiger partial charge on any atom is -0.483 e. The van der Waals surface area contributed by atoms with Crippen LogP contribution in [-0.4, -0.2) is 18.7 Å². The molecule has 156 valence electrons. The van der Waals surface area contributed by atoms with Crippen molar-refractivity contribution in [3.8, 4) is 5.75 Å². The number of nitrogens with one attached hydrogen (secondary N) is 1. The molecule has 5 aromatic carbocycles. The number of carbonyl (C=O) groups is 1. The lowest BCUT2D eigenvalue weighted by atomic mass is 9.97. The van der Waals surface area contributed by atoms with E-state index < -0.39 is 0 Å². The van der Waals surface area contributed by atoms with Gasteiger partial charge in [0.25, 0.3) is 5.91 Å². The second-order valence-electron chi connectivity index (χ2n) is 7.41. The minimum atomic E-state index is -0.328. The summed E-state index contributed by atoms with van der Waals surface area (Å²) in [4.78, 5) is 12.3. The zero-order valence-electron chi connectivity index (χ0n) is 17.1. The van der Waals surface area contributed by atoms with E-state index in [-0.39, 0.29) is 12.5 Å². The molecule has 0 saturated heterocycles. The maximum absolute atomic E-state index is 12.3. The van der Waals surface area contributed by atoms with Crippen LogP contribution in [0.4, 0.5) is 0 Å². The first-order valence-corrected chi connectivity index (χ1v) is 11.0. The summed E-state index contributed by atoms with van der Waals surface area (Å²) < 4.78 is 6.55. The maximum Gasteiger partial charge on any atom is 0.277 e. The first-order valence-electron chi connectivity index (χ1n) is 10.2. The summed E-state index contributed by atoms with van der Waals surface area (Å²) >= 11 is 3.57. The largest absolute Gasteiger partial charge is 0.483 e. The smallest absolute Gasteiger partial charge is 0.277 e. The third-order valence-corrected chi connectivity index (χ3v) is 6.20. The van der Waals surface area contributed by atoms with Gasteiger partial charge in [-0.05, 0) is 60.4 Å². The van der Waals surface area contributed by atoms with Gasteiger partial charge in [0, 0.05) is 5.56 Å². The number of amides is 1. The van der Waals surface area contributed by atoms with Crippen LogP contribution in [0.5, 0.6) is 5.75 Å². The van der Waals surface area contributed by atoms with Crippen LogP contribution in [0, 0.1) is 0 Å². The van der Waals surface area contributed by atoms with E-state index in [0.717, 1.165) is 42.4 Å². The van der Waals surface area contributed by atoms with E-state index in [2.05, 4.69) is 56.8 Å². The van der Waals surface area contributed by atoms with Gasteiger partial charge in [0.1, 0.15) is 5.75 Å². The summed E-state index contributed by atoms with van der Waals surface area (Å²) in [5.41, 5.74) is 3.55. The molecule has 0 aliphatic heterocycles. The lowest BCUT2D eigenvalue weighted by Crippen LogP contribution is -2.24. The number of ether oxygens (including phenoxy) is 1. The Labute approximate surface area is 193 Å². The predicted octanol–water partition coefficient (Wildman–Crippen LogP) is 6.44. The van der Waals surface area contributed by atoms with Crippen LogP contribution in [-0.2, 0) is 4.79 Å². The van der Waals surface area contributed by atoms with Crippen molar-refractivity contribution >= 4 is 60.4 Å². The molecule has 0 atom stereocenters. The number of benzene rings is 5. The van der Waals surface area contributed by atoms with Gasteiger partial charge in [-0.15, -0.1) is 0 Å². The molecule has 0 radical (unpaired) electrons. The highest BCUT2D eigenvalue weighted by molar-refractivity contribution is 9.10. The van der Waals surface area contributed by atoms with Gasteiger partial charge < -0.3 is 4.74 Å². The molecule has 0 aromatic heterocycles. The highest BCUT2D eigenvalue weighted by atomic mass is 79.9. The number of nitrogens with zero attached hydrogens (tertiary/aromatic N) is 1. The molecule has 0 spiro atoms. The molecule has 0 fully saturated rings. The fourth-order valence-corrected chi connectivity index (χ4v) is 4.47. The van der Waals surface area contributed by atoms with Crippen molar-refractivity contribution in [2.24, 2.45) is 5.10 Å². The SMILES string of the molecule is O=C(COc1ccc2ccccc2c1Br)N/N=C\c1c2ccccc2cc2ccccc12. The molecule has 4 nitrogen and oxygen atoms in total. The molecule has 0 bridgehead atoms. The second-order valence-corrected chi connectivity index (χ2v) is 8.21. The first-order chi connectivity index (χ1) is 15.7. The number of halogens is 1. The Bertz CT molecular complexity index is 1440. The van der Waals surface area contributed by atoms with E-state index >= 15 is 0 Å². The molecule has 5 heteroatoms. The molecule has 5 aromatic rings. The predicted molar refractivity (Wildman–Crippen MR) is 134 cm³/mol. The molecule has 0 aliphatic rings. The van der Waals surface area contributed by atoms with Gasteiger partial charge >= 0.3 is 0 Å². The van der Waals surface area contributed by atoms with Crippen molar-refractivity contribution in [1.29, 1.82) is 0 Å². The summed E-state index contributed by atoms with van der Waals surface area (Å²) in [7, 11) is 0. The number of carbonyl (C=O) groups excluding carboxylic acids is 1. The summed E-state index contributed by atoms with van der Waals surface area (Å²) in [5.74, 6) is 0.286. The number of fused-ring (bicyclic) bond motifs is 3. The molecule has 5 rings (SSSR count). The fraction of sp³-hybridized carbons (Fsp3) is 0.0370.